The summed E-state index contributed by atoms with van der Waals surface area (Å²) >= 11 is 0. The molecule has 0 unspecified atom stereocenters. The number of fused-ring (bicyclic) bond motifs is 1. The molecule has 0 saturated carbocycles. The van der Waals surface area contributed by atoms with Crippen molar-refractivity contribution in [3.8, 4) is 11.3 Å². The van der Waals surface area contributed by atoms with Gasteiger partial charge in [0.2, 0.25) is 0 Å². The van der Waals surface area contributed by atoms with Crippen molar-refractivity contribution in [3.05, 3.63) is 82.8 Å². The van der Waals surface area contributed by atoms with Crippen LogP contribution < -0.4 is 10.6 Å². The van der Waals surface area contributed by atoms with Crippen molar-refractivity contribution in [2.45, 2.75) is 39.7 Å². The van der Waals surface area contributed by atoms with E-state index in [4.69, 9.17) is 0 Å². The summed E-state index contributed by atoms with van der Waals surface area (Å²) < 4.78 is 0. The number of nitrogens with one attached hydrogen (secondary N) is 3. The van der Waals surface area contributed by atoms with Gasteiger partial charge in [-0.1, -0.05) is 45.0 Å². The molecule has 0 aliphatic heterocycles. The summed E-state index contributed by atoms with van der Waals surface area (Å²) in [5, 5.41) is 6.40. The molecule has 2 amide bonds. The summed E-state index contributed by atoms with van der Waals surface area (Å²) in [4.78, 5) is 36.4. The van der Waals surface area contributed by atoms with Crippen LogP contribution in [-0.4, -0.2) is 33.8 Å². The van der Waals surface area contributed by atoms with Crippen molar-refractivity contribution in [2.75, 3.05) is 7.05 Å². The third kappa shape index (κ3) is 4.69. The second kappa shape index (κ2) is 9.09. The predicted octanol–water partition coefficient (Wildman–Crippen LogP) is 4.52. The number of hydrogen-bond acceptors (Lipinski definition) is 4. The number of nitrogens with zero attached hydrogens (tertiary/aromatic N) is 2. The molecule has 2 aromatic heterocycles. The molecule has 7 heteroatoms. The standard InChI is InChI=1S/C27H29N5O2/c1-16-12-18(23-21-13-22(26(34)28-5)32-24(21)31-15-30-23)6-7-19(16)14-29-25(33)17-8-10-20(11-9-17)27(2,3)4/h6-13,15H,14H2,1-5H3,(H,28,34)(H,29,33)(H,30,31,32). The Labute approximate surface area is 199 Å². The van der Waals surface area contributed by atoms with E-state index in [1.807, 2.05) is 49.4 Å². The van der Waals surface area contributed by atoms with E-state index in [0.717, 1.165) is 27.8 Å². The van der Waals surface area contributed by atoms with Crippen molar-refractivity contribution in [3.63, 3.8) is 0 Å². The van der Waals surface area contributed by atoms with Gasteiger partial charge in [-0.3, -0.25) is 9.59 Å². The Kier molecular flexibility index (Phi) is 6.20. The van der Waals surface area contributed by atoms with Crippen LogP contribution in [0.1, 0.15) is 58.3 Å². The molecule has 2 heterocycles. The summed E-state index contributed by atoms with van der Waals surface area (Å²) in [5.41, 5.74) is 6.65. The first kappa shape index (κ1) is 23.2. The molecular formula is C27H29N5O2. The van der Waals surface area contributed by atoms with Gasteiger partial charge in [0, 0.05) is 30.1 Å². The van der Waals surface area contributed by atoms with E-state index in [9.17, 15) is 9.59 Å². The number of hydrogen-bond donors (Lipinski definition) is 3. The van der Waals surface area contributed by atoms with Gasteiger partial charge in [-0.15, -0.1) is 0 Å². The number of H-pyrrole nitrogens is 1. The molecular weight excluding hydrogens is 426 g/mol. The molecule has 4 rings (SSSR count). The normalized spacial score (nSPS) is 11.4. The first-order valence-electron chi connectivity index (χ1n) is 11.2. The highest BCUT2D eigenvalue weighted by Crippen LogP contribution is 2.28. The van der Waals surface area contributed by atoms with Crippen LogP contribution in [-0.2, 0) is 12.0 Å². The van der Waals surface area contributed by atoms with Gasteiger partial charge in [-0.2, -0.15) is 0 Å². The molecule has 0 fully saturated rings. The summed E-state index contributed by atoms with van der Waals surface area (Å²) in [6.07, 6.45) is 1.48. The molecule has 3 N–H and O–H groups in total. The number of carbonyl (C=O) groups excluding carboxylic acids is 2. The Hall–Kier alpha value is -4.00. The molecule has 2 aromatic carbocycles. The minimum atomic E-state index is -0.209. The predicted molar refractivity (Wildman–Crippen MR) is 134 cm³/mol. The lowest BCUT2D eigenvalue weighted by molar-refractivity contribution is 0.0946. The van der Waals surface area contributed by atoms with Crippen LogP contribution >= 0.6 is 0 Å². The van der Waals surface area contributed by atoms with Crippen LogP contribution in [0, 0.1) is 6.92 Å². The molecule has 0 aliphatic carbocycles. The molecule has 0 atom stereocenters. The van der Waals surface area contributed by atoms with Crippen LogP contribution in [0.5, 0.6) is 0 Å². The first-order chi connectivity index (χ1) is 16.2. The highest BCUT2D eigenvalue weighted by atomic mass is 16.2. The average Bonchev–Trinajstić information content (AvgIpc) is 3.26. The summed E-state index contributed by atoms with van der Waals surface area (Å²) in [6.45, 7) is 8.89. The van der Waals surface area contributed by atoms with Crippen molar-refractivity contribution in [2.24, 2.45) is 0 Å². The van der Waals surface area contributed by atoms with E-state index in [1.165, 1.54) is 11.9 Å². The fourth-order valence-electron chi connectivity index (χ4n) is 3.87. The van der Waals surface area contributed by atoms with E-state index in [2.05, 4.69) is 46.4 Å². The number of carbonyl (C=O) groups is 2. The van der Waals surface area contributed by atoms with Crippen molar-refractivity contribution in [1.82, 2.24) is 25.6 Å². The highest BCUT2D eigenvalue weighted by molar-refractivity contribution is 6.00. The number of aromatic amines is 1. The van der Waals surface area contributed by atoms with Crippen molar-refractivity contribution >= 4 is 22.8 Å². The van der Waals surface area contributed by atoms with Crippen LogP contribution in [0.3, 0.4) is 0 Å². The number of rotatable bonds is 5. The minimum absolute atomic E-state index is 0.0491. The summed E-state index contributed by atoms with van der Waals surface area (Å²) in [7, 11) is 1.59. The Morgan fingerprint density at radius 3 is 2.35 bits per heavy atom. The maximum Gasteiger partial charge on any atom is 0.267 e. The monoisotopic (exact) mass is 455 g/mol. The Balaban J connectivity index is 1.51. The zero-order valence-corrected chi connectivity index (χ0v) is 20.1. The van der Waals surface area contributed by atoms with Crippen LogP contribution in [0.25, 0.3) is 22.3 Å². The summed E-state index contributed by atoms with van der Waals surface area (Å²) in [5.74, 6) is -0.310. The van der Waals surface area contributed by atoms with E-state index in [-0.39, 0.29) is 17.2 Å². The molecule has 7 nitrogen and oxygen atoms in total. The van der Waals surface area contributed by atoms with Crippen LogP contribution in [0.2, 0.25) is 0 Å². The maximum atomic E-state index is 12.6. The molecule has 0 bridgehead atoms. The molecule has 34 heavy (non-hydrogen) atoms. The lowest BCUT2D eigenvalue weighted by Crippen LogP contribution is -2.23. The molecule has 0 spiro atoms. The first-order valence-corrected chi connectivity index (χ1v) is 11.2. The zero-order valence-electron chi connectivity index (χ0n) is 20.1. The number of amides is 2. The number of benzene rings is 2. The molecule has 174 valence electrons. The minimum Gasteiger partial charge on any atom is -0.354 e. The van der Waals surface area contributed by atoms with E-state index >= 15 is 0 Å². The van der Waals surface area contributed by atoms with E-state index < -0.39 is 0 Å². The van der Waals surface area contributed by atoms with Gasteiger partial charge >= 0.3 is 0 Å². The van der Waals surface area contributed by atoms with Crippen molar-refractivity contribution in [1.29, 1.82) is 0 Å². The molecule has 0 saturated heterocycles. The van der Waals surface area contributed by atoms with Gasteiger partial charge in [0.1, 0.15) is 17.7 Å². The second-order valence-electron chi connectivity index (χ2n) is 9.40. The fraction of sp³-hybridized carbons (Fsp3) is 0.259. The summed E-state index contributed by atoms with van der Waals surface area (Å²) in [6, 6.07) is 15.5. The quantitative estimate of drug-likeness (QED) is 0.412. The lowest BCUT2D eigenvalue weighted by atomic mass is 9.87. The third-order valence-electron chi connectivity index (χ3n) is 5.97. The second-order valence-corrected chi connectivity index (χ2v) is 9.40. The maximum absolute atomic E-state index is 12.6. The average molecular weight is 456 g/mol. The van der Waals surface area contributed by atoms with Crippen molar-refractivity contribution < 1.29 is 9.59 Å². The SMILES string of the molecule is CNC(=O)c1cc2c(-c3ccc(CNC(=O)c4ccc(C(C)(C)C)cc4)c(C)c3)ncnc2[nH]1. The molecule has 0 radical (unpaired) electrons. The zero-order chi connectivity index (χ0) is 24.5. The van der Waals surface area contributed by atoms with E-state index in [0.29, 0.717) is 23.4 Å². The molecule has 0 aliphatic rings. The third-order valence-corrected chi connectivity index (χ3v) is 5.97. The number of aromatic nitrogens is 3. The van der Waals surface area contributed by atoms with Gasteiger partial charge < -0.3 is 15.6 Å². The topological polar surface area (TPSA) is 99.8 Å². The van der Waals surface area contributed by atoms with Gasteiger partial charge in [-0.25, -0.2) is 9.97 Å². The number of aryl methyl sites for hydroxylation is 1. The van der Waals surface area contributed by atoms with Gasteiger partial charge in [-0.05, 0) is 53.3 Å². The van der Waals surface area contributed by atoms with Gasteiger partial charge in [0.15, 0.2) is 0 Å². The smallest absolute Gasteiger partial charge is 0.267 e. The fourth-order valence-corrected chi connectivity index (χ4v) is 3.87. The van der Waals surface area contributed by atoms with Crippen LogP contribution in [0.15, 0.2) is 54.9 Å². The van der Waals surface area contributed by atoms with Gasteiger partial charge in [0.05, 0.1) is 5.69 Å². The highest BCUT2D eigenvalue weighted by Gasteiger charge is 2.16. The largest absolute Gasteiger partial charge is 0.354 e. The Bertz CT molecular complexity index is 1360. The van der Waals surface area contributed by atoms with E-state index in [1.54, 1.807) is 13.1 Å². The van der Waals surface area contributed by atoms with Crippen LogP contribution in [0.4, 0.5) is 0 Å². The Morgan fingerprint density at radius 1 is 0.971 bits per heavy atom. The molecule has 4 aromatic rings. The lowest BCUT2D eigenvalue weighted by Gasteiger charge is -2.19. The Morgan fingerprint density at radius 2 is 1.71 bits per heavy atom. The van der Waals surface area contributed by atoms with Gasteiger partial charge in [0.25, 0.3) is 11.8 Å².